The fourth-order valence-electron chi connectivity index (χ4n) is 4.04. The molecule has 2 aliphatic rings. The number of nitrogens with zero attached hydrogens (tertiary/aromatic N) is 4. The first-order valence-corrected chi connectivity index (χ1v) is 10.7. The van der Waals surface area contributed by atoms with Crippen molar-refractivity contribution in [3.8, 4) is 0 Å². The van der Waals surface area contributed by atoms with Gasteiger partial charge in [0.2, 0.25) is 0 Å². The minimum atomic E-state index is -0.0558. The summed E-state index contributed by atoms with van der Waals surface area (Å²) in [5, 5.41) is 3.47. The molecule has 2 fully saturated rings. The number of morpholine rings is 1. The van der Waals surface area contributed by atoms with Crippen molar-refractivity contribution < 1.29 is 9.53 Å². The van der Waals surface area contributed by atoms with Gasteiger partial charge in [0, 0.05) is 64.2 Å². The molecule has 0 radical (unpaired) electrons. The zero-order valence-corrected chi connectivity index (χ0v) is 17.9. The number of ether oxygens (including phenoxy) is 1. The number of carbonyl (C=O) groups excluding carboxylic acids is 1. The van der Waals surface area contributed by atoms with Crippen LogP contribution in [0.5, 0.6) is 0 Å². The molecule has 1 atom stereocenters. The normalized spacial score (nSPS) is 20.2. The predicted molar refractivity (Wildman–Crippen MR) is 119 cm³/mol. The van der Waals surface area contributed by atoms with Gasteiger partial charge in [-0.3, -0.25) is 9.69 Å². The molecule has 1 amide bonds. The Bertz CT molecular complexity index is 834. The summed E-state index contributed by atoms with van der Waals surface area (Å²) in [6.07, 6.45) is 1.67. The van der Waals surface area contributed by atoms with E-state index in [0.29, 0.717) is 11.6 Å². The molecule has 2 aliphatic heterocycles. The third-order valence-corrected chi connectivity index (χ3v) is 5.82. The summed E-state index contributed by atoms with van der Waals surface area (Å²) in [7, 11) is 1.81. The van der Waals surface area contributed by atoms with Crippen LogP contribution in [0.1, 0.15) is 22.8 Å². The third-order valence-electron chi connectivity index (χ3n) is 5.82. The first-order chi connectivity index (χ1) is 14.6. The van der Waals surface area contributed by atoms with Gasteiger partial charge < -0.3 is 19.9 Å². The van der Waals surface area contributed by atoms with Gasteiger partial charge in [0.1, 0.15) is 5.82 Å². The van der Waals surface area contributed by atoms with E-state index < -0.39 is 0 Å². The Morgan fingerprint density at radius 3 is 2.60 bits per heavy atom. The topological polar surface area (TPSA) is 60.9 Å². The Morgan fingerprint density at radius 2 is 1.93 bits per heavy atom. The van der Waals surface area contributed by atoms with Crippen LogP contribution in [0.25, 0.3) is 0 Å². The number of rotatable bonds is 5. The standard InChI is InChI=1S/C23H31N5O2/c1-18-16-27(10-9-24-18)17-19-3-6-21(7-4-19)26(2)23(29)20-5-8-22(25-15-20)28-11-13-30-14-12-28/h3-8,15,18,24H,9-14,16-17H2,1-2H3/t18-/m0/s1. The lowest BCUT2D eigenvalue weighted by atomic mass is 10.1. The Balaban J connectivity index is 1.37. The number of hydrogen-bond acceptors (Lipinski definition) is 6. The van der Waals surface area contributed by atoms with Crippen molar-refractivity contribution in [3.05, 3.63) is 53.7 Å². The second kappa shape index (κ2) is 9.55. The molecular formula is C23H31N5O2. The van der Waals surface area contributed by atoms with E-state index in [1.165, 1.54) is 5.56 Å². The van der Waals surface area contributed by atoms with Crippen LogP contribution in [0, 0.1) is 0 Å². The molecule has 30 heavy (non-hydrogen) atoms. The number of carbonyl (C=O) groups is 1. The molecule has 0 saturated carbocycles. The van der Waals surface area contributed by atoms with Gasteiger partial charge in [-0.05, 0) is 36.8 Å². The molecule has 0 unspecified atom stereocenters. The molecule has 7 heteroatoms. The highest BCUT2D eigenvalue weighted by atomic mass is 16.5. The van der Waals surface area contributed by atoms with Crippen molar-refractivity contribution in [2.75, 3.05) is 62.8 Å². The predicted octanol–water partition coefficient (Wildman–Crippen LogP) is 1.99. The van der Waals surface area contributed by atoms with Crippen LogP contribution in [0.15, 0.2) is 42.6 Å². The van der Waals surface area contributed by atoms with Crippen LogP contribution < -0.4 is 15.1 Å². The van der Waals surface area contributed by atoms with E-state index in [-0.39, 0.29) is 5.91 Å². The van der Waals surface area contributed by atoms with E-state index >= 15 is 0 Å². The minimum absolute atomic E-state index is 0.0558. The van der Waals surface area contributed by atoms with E-state index in [2.05, 4.69) is 39.2 Å². The van der Waals surface area contributed by atoms with Gasteiger partial charge in [-0.1, -0.05) is 12.1 Å². The van der Waals surface area contributed by atoms with Crippen molar-refractivity contribution >= 4 is 17.4 Å². The number of hydrogen-bond donors (Lipinski definition) is 1. The average molecular weight is 410 g/mol. The number of piperazine rings is 1. The fourth-order valence-corrected chi connectivity index (χ4v) is 4.04. The molecule has 160 valence electrons. The zero-order valence-electron chi connectivity index (χ0n) is 17.9. The largest absolute Gasteiger partial charge is 0.378 e. The van der Waals surface area contributed by atoms with Gasteiger partial charge in [0.15, 0.2) is 0 Å². The van der Waals surface area contributed by atoms with Gasteiger partial charge in [-0.2, -0.15) is 0 Å². The lowest BCUT2D eigenvalue weighted by molar-refractivity contribution is 0.0992. The summed E-state index contributed by atoms with van der Waals surface area (Å²) < 4.78 is 5.38. The average Bonchev–Trinajstić information content (AvgIpc) is 2.79. The van der Waals surface area contributed by atoms with Crippen molar-refractivity contribution in [1.29, 1.82) is 0 Å². The summed E-state index contributed by atoms with van der Waals surface area (Å²) >= 11 is 0. The molecule has 3 heterocycles. The Morgan fingerprint density at radius 1 is 1.17 bits per heavy atom. The Labute approximate surface area is 178 Å². The molecular weight excluding hydrogens is 378 g/mol. The maximum Gasteiger partial charge on any atom is 0.259 e. The molecule has 1 N–H and O–H groups in total. The van der Waals surface area contributed by atoms with Gasteiger partial charge in [0.05, 0.1) is 18.8 Å². The van der Waals surface area contributed by atoms with Crippen molar-refractivity contribution in [1.82, 2.24) is 15.2 Å². The van der Waals surface area contributed by atoms with Gasteiger partial charge in [0.25, 0.3) is 5.91 Å². The van der Waals surface area contributed by atoms with E-state index in [1.54, 1.807) is 11.1 Å². The highest BCUT2D eigenvalue weighted by molar-refractivity contribution is 6.05. The molecule has 4 rings (SSSR count). The second-order valence-corrected chi connectivity index (χ2v) is 8.13. The van der Waals surface area contributed by atoms with Gasteiger partial charge in [-0.15, -0.1) is 0 Å². The smallest absolute Gasteiger partial charge is 0.259 e. The molecule has 1 aromatic carbocycles. The molecule has 2 saturated heterocycles. The van der Waals surface area contributed by atoms with Gasteiger partial charge >= 0.3 is 0 Å². The molecule has 1 aromatic heterocycles. The number of nitrogens with one attached hydrogen (secondary N) is 1. The fraction of sp³-hybridized carbons (Fsp3) is 0.478. The summed E-state index contributed by atoms with van der Waals surface area (Å²) in [6, 6.07) is 12.6. The first-order valence-electron chi connectivity index (χ1n) is 10.7. The number of benzene rings is 1. The van der Waals surface area contributed by atoms with Crippen molar-refractivity contribution in [2.45, 2.75) is 19.5 Å². The highest BCUT2D eigenvalue weighted by Gasteiger charge is 2.18. The SMILES string of the molecule is C[C@H]1CN(Cc2ccc(N(C)C(=O)c3ccc(N4CCOCC4)nc3)cc2)CCN1. The molecule has 7 nitrogen and oxygen atoms in total. The molecule has 0 aliphatic carbocycles. The van der Waals surface area contributed by atoms with E-state index in [4.69, 9.17) is 4.74 Å². The number of pyridine rings is 1. The van der Waals surface area contributed by atoms with E-state index in [1.807, 2.05) is 31.3 Å². The molecule has 0 spiro atoms. The molecule has 0 bridgehead atoms. The summed E-state index contributed by atoms with van der Waals surface area (Å²) in [5.74, 6) is 0.837. The lowest BCUT2D eigenvalue weighted by Crippen LogP contribution is -2.48. The van der Waals surface area contributed by atoms with Crippen LogP contribution in [0.2, 0.25) is 0 Å². The van der Waals surface area contributed by atoms with Crippen molar-refractivity contribution in [2.24, 2.45) is 0 Å². The van der Waals surface area contributed by atoms with E-state index in [9.17, 15) is 4.79 Å². The second-order valence-electron chi connectivity index (χ2n) is 8.13. The first kappa shape index (κ1) is 20.8. The highest BCUT2D eigenvalue weighted by Crippen LogP contribution is 2.19. The summed E-state index contributed by atoms with van der Waals surface area (Å²) in [6.45, 7) is 9.43. The van der Waals surface area contributed by atoms with Crippen LogP contribution in [-0.4, -0.2) is 74.8 Å². The Hall–Kier alpha value is -2.48. The van der Waals surface area contributed by atoms with Gasteiger partial charge in [-0.25, -0.2) is 4.98 Å². The van der Waals surface area contributed by atoms with Crippen molar-refractivity contribution in [3.63, 3.8) is 0 Å². The minimum Gasteiger partial charge on any atom is -0.378 e. The maximum absolute atomic E-state index is 12.9. The number of aromatic nitrogens is 1. The summed E-state index contributed by atoms with van der Waals surface area (Å²) in [5.41, 5.74) is 2.74. The quantitative estimate of drug-likeness (QED) is 0.815. The zero-order chi connectivity index (χ0) is 20.9. The van der Waals surface area contributed by atoms with Crippen LogP contribution in [0.3, 0.4) is 0 Å². The Kier molecular flexibility index (Phi) is 6.62. The number of amides is 1. The number of anilines is 2. The maximum atomic E-state index is 12.9. The van der Waals surface area contributed by atoms with Crippen LogP contribution in [-0.2, 0) is 11.3 Å². The van der Waals surface area contributed by atoms with Crippen LogP contribution in [0.4, 0.5) is 11.5 Å². The van der Waals surface area contributed by atoms with Crippen LogP contribution >= 0.6 is 0 Å². The van der Waals surface area contributed by atoms with E-state index in [0.717, 1.165) is 64.0 Å². The third kappa shape index (κ3) is 4.98. The molecule has 2 aromatic rings. The lowest BCUT2D eigenvalue weighted by Gasteiger charge is -2.31. The summed E-state index contributed by atoms with van der Waals surface area (Å²) in [4.78, 5) is 23.7. The monoisotopic (exact) mass is 409 g/mol.